The number of carbonyl (C=O) groups excluding carboxylic acids is 1. The maximum absolute atomic E-state index is 11.6. The Balaban J connectivity index is 1.71. The first-order valence-electron chi connectivity index (χ1n) is 9.18. The fraction of sp³-hybridized carbons (Fsp3) is 0.286. The molecular formula is C21H25N5O. The summed E-state index contributed by atoms with van der Waals surface area (Å²) in [6.07, 6.45) is 5.62. The molecule has 1 aromatic carbocycles. The lowest BCUT2D eigenvalue weighted by atomic mass is 10.1. The van der Waals surface area contributed by atoms with Crippen LogP contribution in [0.1, 0.15) is 19.4 Å². The molecule has 0 aliphatic rings. The number of hydrogen-bond acceptors (Lipinski definition) is 4. The van der Waals surface area contributed by atoms with E-state index in [1.807, 2.05) is 73.4 Å². The third-order valence-corrected chi connectivity index (χ3v) is 4.19. The number of rotatable bonds is 8. The molecule has 0 saturated carbocycles. The van der Waals surface area contributed by atoms with Crippen LogP contribution in [-0.2, 0) is 11.3 Å². The van der Waals surface area contributed by atoms with E-state index in [-0.39, 0.29) is 11.8 Å². The van der Waals surface area contributed by atoms with Crippen molar-refractivity contribution in [2.24, 2.45) is 5.92 Å². The number of carbonyl (C=O) groups is 1. The van der Waals surface area contributed by atoms with Crippen molar-refractivity contribution in [2.75, 3.05) is 13.1 Å². The van der Waals surface area contributed by atoms with E-state index in [9.17, 15) is 4.79 Å². The largest absolute Gasteiger partial charge is 0.355 e. The van der Waals surface area contributed by atoms with E-state index in [0.29, 0.717) is 19.6 Å². The number of para-hydroxylation sites is 1. The normalized spacial score (nSPS) is 10.9. The van der Waals surface area contributed by atoms with Gasteiger partial charge in [0, 0.05) is 55.3 Å². The molecule has 0 spiro atoms. The van der Waals surface area contributed by atoms with Crippen molar-refractivity contribution in [2.45, 2.75) is 20.4 Å². The van der Waals surface area contributed by atoms with Crippen LogP contribution in [0, 0.1) is 5.92 Å². The molecule has 0 fully saturated rings. The Morgan fingerprint density at radius 1 is 1.11 bits per heavy atom. The zero-order valence-electron chi connectivity index (χ0n) is 15.7. The number of nitrogens with zero attached hydrogens (tertiary/aromatic N) is 3. The molecule has 2 heterocycles. The molecule has 27 heavy (non-hydrogen) atoms. The Morgan fingerprint density at radius 2 is 1.93 bits per heavy atom. The summed E-state index contributed by atoms with van der Waals surface area (Å²) < 4.78 is 1.89. The molecule has 6 heteroatoms. The van der Waals surface area contributed by atoms with Gasteiger partial charge in [-0.05, 0) is 24.3 Å². The summed E-state index contributed by atoms with van der Waals surface area (Å²) in [5.74, 6) is 0.0797. The van der Waals surface area contributed by atoms with Crippen LogP contribution >= 0.6 is 0 Å². The molecule has 0 atom stereocenters. The van der Waals surface area contributed by atoms with E-state index in [2.05, 4.69) is 15.6 Å². The summed E-state index contributed by atoms with van der Waals surface area (Å²) in [4.78, 5) is 15.8. The molecule has 3 rings (SSSR count). The standard InChI is InChI=1S/C21H25N5O/c1-16(2)21(27)24-12-11-23-14-18-15-26(19-8-4-3-5-9-19)25-20(18)17-7-6-10-22-13-17/h3-10,13,15-16,23H,11-12,14H2,1-2H3,(H,24,27). The van der Waals surface area contributed by atoms with E-state index in [1.165, 1.54) is 0 Å². The highest BCUT2D eigenvalue weighted by Crippen LogP contribution is 2.22. The monoisotopic (exact) mass is 363 g/mol. The van der Waals surface area contributed by atoms with E-state index >= 15 is 0 Å². The lowest BCUT2D eigenvalue weighted by Crippen LogP contribution is -2.34. The summed E-state index contributed by atoms with van der Waals surface area (Å²) in [6, 6.07) is 14.0. The van der Waals surface area contributed by atoms with Gasteiger partial charge >= 0.3 is 0 Å². The van der Waals surface area contributed by atoms with Crippen molar-refractivity contribution < 1.29 is 4.79 Å². The van der Waals surface area contributed by atoms with Gasteiger partial charge in [0.15, 0.2) is 0 Å². The molecule has 6 nitrogen and oxygen atoms in total. The van der Waals surface area contributed by atoms with E-state index in [1.54, 1.807) is 6.20 Å². The number of amides is 1. The van der Waals surface area contributed by atoms with Crippen molar-refractivity contribution in [1.29, 1.82) is 0 Å². The first-order chi connectivity index (χ1) is 13.1. The highest BCUT2D eigenvalue weighted by Gasteiger charge is 2.12. The average Bonchev–Trinajstić information content (AvgIpc) is 3.13. The van der Waals surface area contributed by atoms with Crippen LogP contribution < -0.4 is 10.6 Å². The number of benzene rings is 1. The molecule has 0 radical (unpaired) electrons. The van der Waals surface area contributed by atoms with Crippen molar-refractivity contribution >= 4 is 5.91 Å². The Kier molecular flexibility index (Phi) is 6.33. The van der Waals surface area contributed by atoms with E-state index in [4.69, 9.17) is 5.10 Å². The highest BCUT2D eigenvalue weighted by atomic mass is 16.1. The molecule has 0 saturated heterocycles. The predicted molar refractivity (Wildman–Crippen MR) is 106 cm³/mol. The number of nitrogens with one attached hydrogen (secondary N) is 2. The van der Waals surface area contributed by atoms with Crippen LogP contribution in [0.2, 0.25) is 0 Å². The molecule has 0 unspecified atom stereocenters. The minimum Gasteiger partial charge on any atom is -0.355 e. The summed E-state index contributed by atoms with van der Waals surface area (Å²) in [5, 5.41) is 11.1. The Morgan fingerprint density at radius 3 is 2.63 bits per heavy atom. The van der Waals surface area contributed by atoms with Crippen molar-refractivity contribution in [3.63, 3.8) is 0 Å². The molecule has 140 valence electrons. The third-order valence-electron chi connectivity index (χ3n) is 4.19. The predicted octanol–water partition coefficient (Wildman–Crippen LogP) is 2.80. The van der Waals surface area contributed by atoms with Gasteiger partial charge in [0.2, 0.25) is 5.91 Å². The fourth-order valence-electron chi connectivity index (χ4n) is 2.70. The molecule has 0 bridgehead atoms. The molecule has 1 amide bonds. The summed E-state index contributed by atoms with van der Waals surface area (Å²) >= 11 is 0. The molecule has 2 aromatic heterocycles. The lowest BCUT2D eigenvalue weighted by molar-refractivity contribution is -0.123. The average molecular weight is 363 g/mol. The van der Waals surface area contributed by atoms with Crippen molar-refractivity contribution in [3.05, 3.63) is 66.6 Å². The first kappa shape index (κ1) is 18.8. The van der Waals surface area contributed by atoms with Gasteiger partial charge in [0.05, 0.1) is 11.4 Å². The number of aromatic nitrogens is 3. The van der Waals surface area contributed by atoms with Crippen LogP contribution in [0.25, 0.3) is 16.9 Å². The van der Waals surface area contributed by atoms with Crippen LogP contribution in [-0.4, -0.2) is 33.8 Å². The third kappa shape index (κ3) is 5.01. The Bertz CT molecular complexity index is 859. The molecule has 2 N–H and O–H groups in total. The maximum Gasteiger partial charge on any atom is 0.222 e. The maximum atomic E-state index is 11.6. The fourth-order valence-corrected chi connectivity index (χ4v) is 2.70. The smallest absolute Gasteiger partial charge is 0.222 e. The zero-order chi connectivity index (χ0) is 19.1. The van der Waals surface area contributed by atoms with E-state index in [0.717, 1.165) is 22.5 Å². The molecular weight excluding hydrogens is 338 g/mol. The van der Waals surface area contributed by atoms with Crippen LogP contribution in [0.5, 0.6) is 0 Å². The summed E-state index contributed by atoms with van der Waals surface area (Å²) in [5.41, 5.74) is 3.99. The van der Waals surface area contributed by atoms with E-state index < -0.39 is 0 Å². The van der Waals surface area contributed by atoms with Gasteiger partial charge < -0.3 is 10.6 Å². The molecule has 0 aliphatic heterocycles. The topological polar surface area (TPSA) is 71.8 Å². The highest BCUT2D eigenvalue weighted by molar-refractivity contribution is 5.77. The second kappa shape index (κ2) is 9.09. The molecule has 3 aromatic rings. The second-order valence-corrected chi connectivity index (χ2v) is 6.65. The number of hydrogen-bond donors (Lipinski definition) is 2. The second-order valence-electron chi connectivity index (χ2n) is 6.65. The SMILES string of the molecule is CC(C)C(=O)NCCNCc1cn(-c2ccccc2)nc1-c1cccnc1. The van der Waals surface area contributed by atoms with Crippen LogP contribution in [0.4, 0.5) is 0 Å². The Labute approximate surface area is 159 Å². The zero-order valence-corrected chi connectivity index (χ0v) is 15.7. The van der Waals surface area contributed by atoms with Gasteiger partial charge in [-0.1, -0.05) is 32.0 Å². The molecule has 0 aliphatic carbocycles. The lowest BCUT2D eigenvalue weighted by Gasteiger charge is -2.08. The Hall–Kier alpha value is -2.99. The van der Waals surface area contributed by atoms with Gasteiger partial charge in [-0.15, -0.1) is 0 Å². The van der Waals surface area contributed by atoms with Gasteiger partial charge in [0.1, 0.15) is 0 Å². The van der Waals surface area contributed by atoms with Crippen molar-refractivity contribution in [3.8, 4) is 16.9 Å². The van der Waals surface area contributed by atoms with Gasteiger partial charge in [0.25, 0.3) is 0 Å². The summed E-state index contributed by atoms with van der Waals surface area (Å²) in [7, 11) is 0. The minimum atomic E-state index is 0.00582. The summed E-state index contributed by atoms with van der Waals surface area (Å²) in [6.45, 7) is 5.74. The first-order valence-corrected chi connectivity index (χ1v) is 9.18. The van der Waals surface area contributed by atoms with Crippen molar-refractivity contribution in [1.82, 2.24) is 25.4 Å². The van der Waals surface area contributed by atoms with Crippen LogP contribution in [0.15, 0.2) is 61.1 Å². The van der Waals surface area contributed by atoms with Gasteiger partial charge in [-0.2, -0.15) is 5.10 Å². The number of pyridine rings is 1. The van der Waals surface area contributed by atoms with Gasteiger partial charge in [-0.25, -0.2) is 4.68 Å². The quantitative estimate of drug-likeness (QED) is 0.604. The van der Waals surface area contributed by atoms with Gasteiger partial charge in [-0.3, -0.25) is 9.78 Å². The minimum absolute atomic E-state index is 0.00582. The van der Waals surface area contributed by atoms with Crippen LogP contribution in [0.3, 0.4) is 0 Å².